The summed E-state index contributed by atoms with van der Waals surface area (Å²) < 4.78 is 5.77. The van der Waals surface area contributed by atoms with Crippen LogP contribution in [0.2, 0.25) is 0 Å². The van der Waals surface area contributed by atoms with E-state index in [0.29, 0.717) is 0 Å². The molecule has 94 valence electrons. The number of nitrogens with one attached hydrogen (secondary N) is 1. The van der Waals surface area contributed by atoms with Gasteiger partial charge in [0.05, 0.1) is 0 Å². The molecular formula is C13H15N3OS. The molecule has 2 rings (SSSR count). The molecule has 0 aliphatic heterocycles. The number of pyridine rings is 1. The standard InChI is InChI=1S/C13H15N3OS/c1-15-13-8-10(5-6-16-13)17-9-3-4-11(14)12(7-9)18-2/h3-8H,14H2,1-2H3,(H,15,16). The van der Waals surface area contributed by atoms with E-state index in [1.807, 2.05) is 43.6 Å². The third-order valence-electron chi connectivity index (χ3n) is 2.43. The highest BCUT2D eigenvalue weighted by Crippen LogP contribution is 2.30. The van der Waals surface area contributed by atoms with E-state index in [0.717, 1.165) is 27.9 Å². The van der Waals surface area contributed by atoms with E-state index >= 15 is 0 Å². The van der Waals surface area contributed by atoms with Crippen molar-refractivity contribution in [2.75, 3.05) is 24.4 Å². The van der Waals surface area contributed by atoms with Gasteiger partial charge >= 0.3 is 0 Å². The van der Waals surface area contributed by atoms with E-state index < -0.39 is 0 Å². The van der Waals surface area contributed by atoms with E-state index in [9.17, 15) is 0 Å². The topological polar surface area (TPSA) is 60.2 Å². The molecule has 0 amide bonds. The number of hydrogen-bond donors (Lipinski definition) is 2. The molecule has 3 N–H and O–H groups in total. The number of nitrogen functional groups attached to an aromatic ring is 1. The number of nitrogens with two attached hydrogens (primary N) is 1. The zero-order chi connectivity index (χ0) is 13.0. The highest BCUT2D eigenvalue weighted by molar-refractivity contribution is 7.98. The van der Waals surface area contributed by atoms with Crippen LogP contribution in [0.1, 0.15) is 0 Å². The molecule has 4 nitrogen and oxygen atoms in total. The van der Waals surface area contributed by atoms with E-state index in [1.165, 1.54) is 0 Å². The van der Waals surface area contributed by atoms with Gasteiger partial charge in [0.25, 0.3) is 0 Å². The zero-order valence-corrected chi connectivity index (χ0v) is 11.1. The molecule has 18 heavy (non-hydrogen) atoms. The summed E-state index contributed by atoms with van der Waals surface area (Å²) in [6.07, 6.45) is 3.69. The fraction of sp³-hybridized carbons (Fsp3) is 0.154. The average Bonchev–Trinajstić information content (AvgIpc) is 2.41. The van der Waals surface area contributed by atoms with E-state index in [-0.39, 0.29) is 0 Å². The second-order valence-corrected chi connectivity index (χ2v) is 4.48. The van der Waals surface area contributed by atoms with Gasteiger partial charge in [0, 0.05) is 29.9 Å². The summed E-state index contributed by atoms with van der Waals surface area (Å²) >= 11 is 1.60. The Hall–Kier alpha value is -1.88. The number of nitrogens with zero attached hydrogens (tertiary/aromatic N) is 1. The first-order valence-corrected chi connectivity index (χ1v) is 6.70. The largest absolute Gasteiger partial charge is 0.457 e. The van der Waals surface area contributed by atoms with E-state index in [1.54, 1.807) is 18.0 Å². The summed E-state index contributed by atoms with van der Waals surface area (Å²) in [5.74, 6) is 2.28. The molecule has 5 heteroatoms. The molecule has 0 bridgehead atoms. The SMILES string of the molecule is CNc1cc(Oc2ccc(N)c(SC)c2)ccn1. The minimum Gasteiger partial charge on any atom is -0.457 e. The van der Waals surface area contributed by atoms with Gasteiger partial charge in [-0.2, -0.15) is 0 Å². The van der Waals surface area contributed by atoms with Crippen LogP contribution in [0.4, 0.5) is 11.5 Å². The molecule has 0 saturated heterocycles. The van der Waals surface area contributed by atoms with Crippen LogP contribution < -0.4 is 15.8 Å². The summed E-state index contributed by atoms with van der Waals surface area (Å²) in [6.45, 7) is 0. The summed E-state index contributed by atoms with van der Waals surface area (Å²) in [5.41, 5.74) is 6.61. The molecule has 1 heterocycles. The van der Waals surface area contributed by atoms with Crippen molar-refractivity contribution in [3.8, 4) is 11.5 Å². The molecule has 1 aromatic heterocycles. The predicted molar refractivity (Wildman–Crippen MR) is 76.5 cm³/mol. The summed E-state index contributed by atoms with van der Waals surface area (Å²) in [7, 11) is 1.82. The molecular weight excluding hydrogens is 246 g/mol. The number of anilines is 2. The lowest BCUT2D eigenvalue weighted by Crippen LogP contribution is -1.93. The van der Waals surface area contributed by atoms with Gasteiger partial charge in [-0.1, -0.05) is 0 Å². The maximum absolute atomic E-state index is 5.84. The number of hydrogen-bond acceptors (Lipinski definition) is 5. The zero-order valence-electron chi connectivity index (χ0n) is 10.3. The first kappa shape index (κ1) is 12.6. The number of benzene rings is 1. The minimum atomic E-state index is 0.742. The molecule has 0 saturated carbocycles. The van der Waals surface area contributed by atoms with Crippen molar-refractivity contribution in [3.05, 3.63) is 36.5 Å². The van der Waals surface area contributed by atoms with Gasteiger partial charge in [0.2, 0.25) is 0 Å². The van der Waals surface area contributed by atoms with Crippen LogP contribution in [0, 0.1) is 0 Å². The Balaban J connectivity index is 2.22. The lowest BCUT2D eigenvalue weighted by atomic mass is 10.3. The first-order chi connectivity index (χ1) is 8.72. The van der Waals surface area contributed by atoms with Gasteiger partial charge < -0.3 is 15.8 Å². The molecule has 0 fully saturated rings. The number of thioether (sulfide) groups is 1. The lowest BCUT2D eigenvalue weighted by molar-refractivity contribution is 0.481. The third-order valence-corrected chi connectivity index (χ3v) is 3.22. The second kappa shape index (κ2) is 5.64. The molecule has 1 aromatic carbocycles. The third kappa shape index (κ3) is 2.87. The van der Waals surface area contributed by atoms with E-state index in [2.05, 4.69) is 10.3 Å². The molecule has 0 atom stereocenters. The Morgan fingerprint density at radius 3 is 2.72 bits per heavy atom. The van der Waals surface area contributed by atoms with Gasteiger partial charge in [-0.05, 0) is 30.5 Å². The van der Waals surface area contributed by atoms with Crippen LogP contribution in [0.3, 0.4) is 0 Å². The fourth-order valence-corrected chi connectivity index (χ4v) is 2.04. The van der Waals surface area contributed by atoms with Crippen molar-refractivity contribution < 1.29 is 4.74 Å². The van der Waals surface area contributed by atoms with Crippen molar-refractivity contribution in [2.45, 2.75) is 4.90 Å². The Kier molecular flexibility index (Phi) is 3.94. The van der Waals surface area contributed by atoms with Gasteiger partial charge in [0.15, 0.2) is 0 Å². The maximum Gasteiger partial charge on any atom is 0.132 e. The smallest absolute Gasteiger partial charge is 0.132 e. The molecule has 0 aliphatic rings. The molecule has 2 aromatic rings. The van der Waals surface area contributed by atoms with Crippen molar-refractivity contribution in [2.24, 2.45) is 0 Å². The summed E-state index contributed by atoms with van der Waals surface area (Å²) in [6, 6.07) is 9.29. The fourth-order valence-electron chi connectivity index (χ4n) is 1.50. The molecule has 0 spiro atoms. The Bertz CT molecular complexity index is 546. The van der Waals surface area contributed by atoms with Crippen molar-refractivity contribution in [1.82, 2.24) is 4.98 Å². The second-order valence-electron chi connectivity index (χ2n) is 3.63. The number of rotatable bonds is 4. The molecule has 0 radical (unpaired) electrons. The first-order valence-electron chi connectivity index (χ1n) is 5.48. The van der Waals surface area contributed by atoms with Crippen LogP contribution in [0.25, 0.3) is 0 Å². The van der Waals surface area contributed by atoms with Crippen LogP contribution in [-0.2, 0) is 0 Å². The van der Waals surface area contributed by atoms with Crippen LogP contribution in [0.5, 0.6) is 11.5 Å². The highest BCUT2D eigenvalue weighted by Gasteiger charge is 2.03. The minimum absolute atomic E-state index is 0.742. The Labute approximate surface area is 111 Å². The van der Waals surface area contributed by atoms with Crippen molar-refractivity contribution >= 4 is 23.3 Å². The molecule has 0 aliphatic carbocycles. The predicted octanol–water partition coefficient (Wildman–Crippen LogP) is 3.22. The Morgan fingerprint density at radius 2 is 2.00 bits per heavy atom. The average molecular weight is 261 g/mol. The van der Waals surface area contributed by atoms with Crippen LogP contribution in [0.15, 0.2) is 41.4 Å². The number of aromatic nitrogens is 1. The van der Waals surface area contributed by atoms with Gasteiger partial charge in [0.1, 0.15) is 17.3 Å². The van der Waals surface area contributed by atoms with Crippen LogP contribution >= 0.6 is 11.8 Å². The quantitative estimate of drug-likeness (QED) is 0.653. The van der Waals surface area contributed by atoms with Gasteiger partial charge in [-0.25, -0.2) is 4.98 Å². The van der Waals surface area contributed by atoms with Gasteiger partial charge in [-0.15, -0.1) is 11.8 Å². The van der Waals surface area contributed by atoms with Gasteiger partial charge in [-0.3, -0.25) is 0 Å². The van der Waals surface area contributed by atoms with Crippen molar-refractivity contribution in [1.29, 1.82) is 0 Å². The maximum atomic E-state index is 5.84. The van der Waals surface area contributed by atoms with E-state index in [4.69, 9.17) is 10.5 Å². The highest BCUT2D eigenvalue weighted by atomic mass is 32.2. The summed E-state index contributed by atoms with van der Waals surface area (Å²) in [5, 5.41) is 2.97. The van der Waals surface area contributed by atoms with Crippen LogP contribution in [-0.4, -0.2) is 18.3 Å². The number of ether oxygens (including phenoxy) is 1. The summed E-state index contributed by atoms with van der Waals surface area (Å²) in [4.78, 5) is 5.14. The molecule has 0 unspecified atom stereocenters. The lowest BCUT2D eigenvalue weighted by Gasteiger charge is -2.09. The Morgan fingerprint density at radius 1 is 1.22 bits per heavy atom. The monoisotopic (exact) mass is 261 g/mol. The normalized spacial score (nSPS) is 10.1. The van der Waals surface area contributed by atoms with Crippen molar-refractivity contribution in [3.63, 3.8) is 0 Å².